The number of methoxy groups -OCH3 is 2. The molecule has 0 aromatic carbocycles. The van der Waals surface area contributed by atoms with E-state index < -0.39 is 11.9 Å². The van der Waals surface area contributed by atoms with E-state index in [0.29, 0.717) is 22.5 Å². The highest BCUT2D eigenvalue weighted by Crippen LogP contribution is 2.32. The first-order valence-corrected chi connectivity index (χ1v) is 7.08. The van der Waals surface area contributed by atoms with Crippen LogP contribution in [0.3, 0.4) is 0 Å². The van der Waals surface area contributed by atoms with Gasteiger partial charge in [0.05, 0.1) is 36.7 Å². The van der Waals surface area contributed by atoms with Crippen molar-refractivity contribution in [1.29, 1.82) is 0 Å². The van der Waals surface area contributed by atoms with Crippen LogP contribution in [0, 0.1) is 13.8 Å². The van der Waals surface area contributed by atoms with Crippen molar-refractivity contribution >= 4 is 23.5 Å². The van der Waals surface area contributed by atoms with Crippen LogP contribution in [0.25, 0.3) is 11.3 Å². The van der Waals surface area contributed by atoms with E-state index in [1.807, 2.05) is 0 Å². The number of carbonyl (C=O) groups is 2. The summed E-state index contributed by atoms with van der Waals surface area (Å²) in [6, 6.07) is 3.38. The summed E-state index contributed by atoms with van der Waals surface area (Å²) >= 11 is 6.12. The van der Waals surface area contributed by atoms with Crippen LogP contribution in [0.4, 0.5) is 0 Å². The van der Waals surface area contributed by atoms with Gasteiger partial charge < -0.3 is 9.47 Å². The van der Waals surface area contributed by atoms with Crippen LogP contribution < -0.4 is 0 Å². The number of hydrogen-bond donors (Lipinski definition) is 0. The molecular formula is C16H15ClN2O4. The number of ether oxygens (including phenoxy) is 2. The quantitative estimate of drug-likeness (QED) is 0.634. The Morgan fingerprint density at radius 1 is 1.09 bits per heavy atom. The van der Waals surface area contributed by atoms with Gasteiger partial charge in [0.1, 0.15) is 5.15 Å². The Morgan fingerprint density at radius 3 is 2.26 bits per heavy atom. The summed E-state index contributed by atoms with van der Waals surface area (Å²) in [5.74, 6) is -1.18. The zero-order chi connectivity index (χ0) is 17.1. The number of aromatic nitrogens is 2. The van der Waals surface area contributed by atoms with Gasteiger partial charge in [0, 0.05) is 11.8 Å². The average Bonchev–Trinajstić information content (AvgIpc) is 2.53. The van der Waals surface area contributed by atoms with Crippen molar-refractivity contribution in [2.45, 2.75) is 13.8 Å². The maximum absolute atomic E-state index is 12.2. The average molecular weight is 335 g/mol. The summed E-state index contributed by atoms with van der Waals surface area (Å²) < 4.78 is 9.60. The van der Waals surface area contributed by atoms with Gasteiger partial charge >= 0.3 is 11.9 Å². The highest BCUT2D eigenvalue weighted by molar-refractivity contribution is 6.32. The Morgan fingerprint density at radius 2 is 1.70 bits per heavy atom. The van der Waals surface area contributed by atoms with Crippen LogP contribution >= 0.6 is 11.6 Å². The first-order valence-electron chi connectivity index (χ1n) is 6.71. The van der Waals surface area contributed by atoms with Gasteiger partial charge in [0.15, 0.2) is 0 Å². The van der Waals surface area contributed by atoms with Crippen LogP contribution in [0.2, 0.25) is 5.15 Å². The topological polar surface area (TPSA) is 78.4 Å². The molecule has 2 heterocycles. The summed E-state index contributed by atoms with van der Waals surface area (Å²) in [6.07, 6.45) is 1.53. The molecule has 0 unspecified atom stereocenters. The van der Waals surface area contributed by atoms with Crippen molar-refractivity contribution in [2.24, 2.45) is 0 Å². The van der Waals surface area contributed by atoms with Gasteiger partial charge in [-0.05, 0) is 31.5 Å². The molecule has 2 rings (SSSR count). The zero-order valence-corrected chi connectivity index (χ0v) is 13.9. The second-order valence-corrected chi connectivity index (χ2v) is 5.10. The van der Waals surface area contributed by atoms with E-state index in [1.54, 1.807) is 26.0 Å². The van der Waals surface area contributed by atoms with Crippen molar-refractivity contribution in [3.8, 4) is 11.3 Å². The fourth-order valence-corrected chi connectivity index (χ4v) is 2.57. The summed E-state index contributed by atoms with van der Waals surface area (Å²) in [7, 11) is 2.53. The van der Waals surface area contributed by atoms with Gasteiger partial charge in [-0.2, -0.15) is 0 Å². The minimum Gasteiger partial charge on any atom is -0.465 e. The van der Waals surface area contributed by atoms with Crippen LogP contribution in [-0.4, -0.2) is 36.1 Å². The molecule has 0 aliphatic rings. The zero-order valence-electron chi connectivity index (χ0n) is 13.1. The fourth-order valence-electron chi connectivity index (χ4n) is 2.37. The monoisotopic (exact) mass is 334 g/mol. The standard InChI is InChI=1S/C16H15ClN2O4/c1-8-11(15(20)22-3)9(2)19-13(12(8)16(21)23-4)10-6-5-7-18-14(10)17/h5-7H,1-4H3. The number of esters is 2. The number of hydrogen-bond acceptors (Lipinski definition) is 6. The number of pyridine rings is 2. The molecular weight excluding hydrogens is 320 g/mol. The summed E-state index contributed by atoms with van der Waals surface area (Å²) in [4.78, 5) is 32.6. The van der Waals surface area contributed by atoms with Gasteiger partial charge in [0.25, 0.3) is 0 Å². The molecule has 0 bridgehead atoms. The van der Waals surface area contributed by atoms with Crippen molar-refractivity contribution in [1.82, 2.24) is 9.97 Å². The van der Waals surface area contributed by atoms with Gasteiger partial charge in [-0.1, -0.05) is 11.6 Å². The molecule has 2 aromatic heterocycles. The van der Waals surface area contributed by atoms with Crippen LogP contribution in [0.5, 0.6) is 0 Å². The molecule has 0 saturated carbocycles. The third-order valence-electron chi connectivity index (χ3n) is 3.42. The molecule has 23 heavy (non-hydrogen) atoms. The van der Waals surface area contributed by atoms with Crippen LogP contribution in [0.15, 0.2) is 18.3 Å². The summed E-state index contributed by atoms with van der Waals surface area (Å²) in [6.45, 7) is 3.30. The SMILES string of the molecule is COC(=O)c1c(C)nc(-c2cccnc2Cl)c(C(=O)OC)c1C. The van der Waals surface area contributed by atoms with Gasteiger partial charge in [-0.15, -0.1) is 0 Å². The molecule has 2 aromatic rings. The Balaban J connectivity index is 2.85. The summed E-state index contributed by atoms with van der Waals surface area (Å²) in [5, 5.41) is 0.203. The van der Waals surface area contributed by atoms with E-state index in [0.717, 1.165) is 0 Å². The fraction of sp³-hybridized carbons (Fsp3) is 0.250. The molecule has 0 aliphatic carbocycles. The van der Waals surface area contributed by atoms with E-state index in [9.17, 15) is 9.59 Å². The van der Waals surface area contributed by atoms with E-state index in [-0.39, 0.29) is 16.3 Å². The Bertz CT molecular complexity index is 790. The van der Waals surface area contributed by atoms with E-state index in [4.69, 9.17) is 21.1 Å². The highest BCUT2D eigenvalue weighted by Gasteiger charge is 2.26. The molecule has 0 radical (unpaired) electrons. The van der Waals surface area contributed by atoms with E-state index >= 15 is 0 Å². The Kier molecular flexibility index (Phi) is 4.95. The smallest absolute Gasteiger partial charge is 0.340 e. The van der Waals surface area contributed by atoms with Crippen LogP contribution in [-0.2, 0) is 9.47 Å². The molecule has 0 atom stereocenters. The molecule has 0 saturated heterocycles. The second-order valence-electron chi connectivity index (χ2n) is 4.75. The number of halogens is 1. The third-order valence-corrected chi connectivity index (χ3v) is 3.72. The van der Waals surface area contributed by atoms with Crippen molar-refractivity contribution in [2.75, 3.05) is 14.2 Å². The maximum Gasteiger partial charge on any atom is 0.340 e. The minimum atomic E-state index is -0.616. The largest absolute Gasteiger partial charge is 0.465 e. The molecule has 120 valence electrons. The van der Waals surface area contributed by atoms with Gasteiger partial charge in [0.2, 0.25) is 0 Å². The van der Waals surface area contributed by atoms with E-state index in [1.165, 1.54) is 20.4 Å². The minimum absolute atomic E-state index is 0.161. The predicted molar refractivity (Wildman–Crippen MR) is 84.6 cm³/mol. The lowest BCUT2D eigenvalue weighted by Crippen LogP contribution is -2.16. The lowest BCUT2D eigenvalue weighted by Gasteiger charge is -2.16. The van der Waals surface area contributed by atoms with Gasteiger partial charge in [-0.3, -0.25) is 4.98 Å². The van der Waals surface area contributed by atoms with Crippen molar-refractivity contribution in [3.05, 3.63) is 45.9 Å². The number of carbonyl (C=O) groups excluding carboxylic acids is 2. The van der Waals surface area contributed by atoms with Crippen molar-refractivity contribution in [3.63, 3.8) is 0 Å². The van der Waals surface area contributed by atoms with Crippen LogP contribution in [0.1, 0.15) is 32.0 Å². The maximum atomic E-state index is 12.2. The third kappa shape index (κ3) is 3.03. The molecule has 0 spiro atoms. The number of rotatable bonds is 3. The van der Waals surface area contributed by atoms with Gasteiger partial charge in [-0.25, -0.2) is 14.6 Å². The summed E-state index contributed by atoms with van der Waals surface area (Å²) in [5.41, 5.74) is 2.04. The lowest BCUT2D eigenvalue weighted by molar-refractivity contribution is 0.0596. The second kappa shape index (κ2) is 6.75. The first-order chi connectivity index (χ1) is 10.9. The molecule has 0 aliphatic heterocycles. The molecule has 6 nitrogen and oxygen atoms in total. The Labute approximate surface area is 138 Å². The first kappa shape index (κ1) is 16.9. The number of aryl methyl sites for hydroxylation is 1. The lowest BCUT2D eigenvalue weighted by atomic mass is 9.96. The Hall–Kier alpha value is -2.47. The number of nitrogens with zero attached hydrogens (tertiary/aromatic N) is 2. The highest BCUT2D eigenvalue weighted by atomic mass is 35.5. The normalized spacial score (nSPS) is 10.3. The molecule has 0 amide bonds. The van der Waals surface area contributed by atoms with E-state index in [2.05, 4.69) is 9.97 Å². The van der Waals surface area contributed by atoms with Crippen molar-refractivity contribution < 1.29 is 19.1 Å². The molecule has 0 N–H and O–H groups in total. The molecule has 7 heteroatoms. The predicted octanol–water partition coefficient (Wildman–Crippen LogP) is 2.99. The molecule has 0 fully saturated rings.